The van der Waals surface area contributed by atoms with E-state index < -0.39 is 41.0 Å². The summed E-state index contributed by atoms with van der Waals surface area (Å²) in [5, 5.41) is 0. The molecule has 9 heteroatoms. The fourth-order valence-corrected chi connectivity index (χ4v) is 2.58. The zero-order chi connectivity index (χ0) is 21.7. The van der Waals surface area contributed by atoms with Crippen molar-refractivity contribution in [3.63, 3.8) is 0 Å². The number of ketones is 1. The number of aromatic nitrogens is 2. The molecule has 0 atom stereocenters. The highest BCUT2D eigenvalue weighted by molar-refractivity contribution is 6.01. The molecule has 0 spiro atoms. The number of hydrogen-bond donors (Lipinski definition) is 1. The first kappa shape index (κ1) is 21.8. The first-order valence-corrected chi connectivity index (χ1v) is 8.84. The number of carbonyl (C=O) groups is 2. The second kappa shape index (κ2) is 9.13. The van der Waals surface area contributed by atoms with Crippen LogP contribution in [-0.4, -0.2) is 27.5 Å². The molecule has 0 bridgehead atoms. The molecule has 0 fully saturated rings. The molecule has 1 heterocycles. The summed E-state index contributed by atoms with van der Waals surface area (Å²) in [6, 6.07) is 5.40. The molecule has 0 unspecified atom stereocenters. The number of ether oxygens (including phenoxy) is 1. The third-order valence-corrected chi connectivity index (χ3v) is 4.04. The van der Waals surface area contributed by atoms with Crippen LogP contribution in [0.1, 0.15) is 29.8 Å². The van der Waals surface area contributed by atoms with Crippen LogP contribution in [-0.2, 0) is 23.1 Å². The smallest absolute Gasteiger partial charge is 0.332 e. The maximum atomic E-state index is 12.9. The number of Topliss-reactive ketones (excluding diaryl/α,β-unsaturated/α-hetero) is 1. The van der Waals surface area contributed by atoms with Crippen molar-refractivity contribution in [2.24, 2.45) is 13.0 Å². The Kier molecular flexibility index (Phi) is 6.87. The van der Waals surface area contributed by atoms with E-state index in [1.807, 2.05) is 13.8 Å². The van der Waals surface area contributed by atoms with Gasteiger partial charge in [-0.2, -0.15) is 0 Å². The molecule has 0 amide bonds. The second-order valence-electron chi connectivity index (χ2n) is 6.83. The van der Waals surface area contributed by atoms with Crippen LogP contribution in [0.15, 0.2) is 39.9 Å². The van der Waals surface area contributed by atoms with Crippen molar-refractivity contribution in [2.45, 2.75) is 20.4 Å². The summed E-state index contributed by atoms with van der Waals surface area (Å²) < 4.78 is 19.7. The van der Waals surface area contributed by atoms with Crippen molar-refractivity contribution < 1.29 is 18.7 Å². The van der Waals surface area contributed by atoms with Gasteiger partial charge in [-0.05, 0) is 29.7 Å². The van der Waals surface area contributed by atoms with E-state index in [0.717, 1.165) is 15.2 Å². The van der Waals surface area contributed by atoms with Crippen molar-refractivity contribution in [3.05, 3.63) is 68.1 Å². The molecule has 29 heavy (non-hydrogen) atoms. The molecular weight excluding hydrogens is 381 g/mol. The largest absolute Gasteiger partial charge is 0.454 e. The average molecular weight is 403 g/mol. The Morgan fingerprint density at radius 2 is 1.83 bits per heavy atom. The van der Waals surface area contributed by atoms with Crippen LogP contribution in [0.2, 0.25) is 0 Å². The maximum Gasteiger partial charge on any atom is 0.332 e. The average Bonchev–Trinajstić information content (AvgIpc) is 2.67. The van der Waals surface area contributed by atoms with E-state index in [4.69, 9.17) is 10.5 Å². The standard InChI is InChI=1S/C20H22FN3O5/c1-12(2)10-24-18(22)17(19(27)23(3)20(24)28)15(25)11-29-16(26)9-6-13-4-7-14(21)8-5-13/h4-9,12H,10-11,22H2,1-3H3/b9-6+. The topological polar surface area (TPSA) is 113 Å². The molecule has 1 aromatic heterocycles. The molecule has 0 aliphatic rings. The van der Waals surface area contributed by atoms with Crippen LogP contribution < -0.4 is 17.0 Å². The van der Waals surface area contributed by atoms with Gasteiger partial charge in [0.05, 0.1) is 0 Å². The van der Waals surface area contributed by atoms with Gasteiger partial charge in [-0.3, -0.25) is 18.7 Å². The fraction of sp³-hybridized carbons (Fsp3) is 0.300. The highest BCUT2D eigenvalue weighted by Gasteiger charge is 2.22. The highest BCUT2D eigenvalue weighted by Crippen LogP contribution is 2.09. The van der Waals surface area contributed by atoms with Crippen LogP contribution >= 0.6 is 0 Å². The van der Waals surface area contributed by atoms with Gasteiger partial charge in [0.2, 0.25) is 5.78 Å². The number of rotatable bonds is 7. The summed E-state index contributed by atoms with van der Waals surface area (Å²) in [7, 11) is 1.25. The van der Waals surface area contributed by atoms with Crippen molar-refractivity contribution in [1.82, 2.24) is 9.13 Å². The Balaban J connectivity index is 2.17. The molecule has 0 saturated carbocycles. The Labute approximate surface area is 166 Å². The highest BCUT2D eigenvalue weighted by atomic mass is 19.1. The molecule has 2 N–H and O–H groups in total. The zero-order valence-corrected chi connectivity index (χ0v) is 16.3. The molecule has 0 saturated heterocycles. The van der Waals surface area contributed by atoms with E-state index in [2.05, 4.69) is 0 Å². The SMILES string of the molecule is CC(C)Cn1c(N)c(C(=O)COC(=O)/C=C/c2ccc(F)cc2)c(=O)n(C)c1=O. The van der Waals surface area contributed by atoms with E-state index in [0.29, 0.717) is 5.56 Å². The molecule has 1 aromatic carbocycles. The van der Waals surface area contributed by atoms with Crippen molar-refractivity contribution >= 4 is 23.6 Å². The number of anilines is 1. The minimum Gasteiger partial charge on any atom is -0.454 e. The Morgan fingerprint density at radius 1 is 1.21 bits per heavy atom. The fourth-order valence-electron chi connectivity index (χ4n) is 2.58. The van der Waals surface area contributed by atoms with Crippen molar-refractivity contribution in [1.29, 1.82) is 0 Å². The van der Waals surface area contributed by atoms with E-state index in [-0.39, 0.29) is 18.3 Å². The lowest BCUT2D eigenvalue weighted by Gasteiger charge is -2.16. The first-order valence-electron chi connectivity index (χ1n) is 8.84. The van der Waals surface area contributed by atoms with Gasteiger partial charge in [-0.1, -0.05) is 26.0 Å². The van der Waals surface area contributed by atoms with Gasteiger partial charge in [0.1, 0.15) is 17.2 Å². The molecule has 2 aromatic rings. The van der Waals surface area contributed by atoms with Crippen molar-refractivity contribution in [3.8, 4) is 0 Å². The molecular formula is C20H22FN3O5. The van der Waals surface area contributed by atoms with E-state index >= 15 is 0 Å². The van der Waals surface area contributed by atoms with Crippen LogP contribution in [0.3, 0.4) is 0 Å². The Hall–Kier alpha value is -3.49. The Morgan fingerprint density at radius 3 is 2.41 bits per heavy atom. The van der Waals surface area contributed by atoms with Gasteiger partial charge in [0.25, 0.3) is 5.56 Å². The number of hydrogen-bond acceptors (Lipinski definition) is 6. The minimum atomic E-state index is -0.851. The van der Waals surface area contributed by atoms with Gasteiger partial charge in [-0.25, -0.2) is 14.0 Å². The Bertz CT molecular complexity index is 1070. The molecule has 0 radical (unpaired) electrons. The first-order chi connectivity index (χ1) is 13.6. The lowest BCUT2D eigenvalue weighted by Crippen LogP contribution is -2.43. The molecule has 0 aliphatic carbocycles. The van der Waals surface area contributed by atoms with Crippen LogP contribution in [0.4, 0.5) is 10.2 Å². The summed E-state index contributed by atoms with van der Waals surface area (Å²) in [4.78, 5) is 48.9. The number of carbonyl (C=O) groups excluding carboxylic acids is 2. The number of benzene rings is 1. The van der Waals surface area contributed by atoms with Crippen LogP contribution in [0, 0.1) is 11.7 Å². The predicted octanol–water partition coefficient (Wildman–Crippen LogP) is 1.36. The molecule has 0 aliphatic heterocycles. The number of nitrogen functional groups attached to an aromatic ring is 1. The van der Waals surface area contributed by atoms with E-state index in [1.54, 1.807) is 0 Å². The van der Waals surface area contributed by atoms with E-state index in [9.17, 15) is 23.6 Å². The maximum absolute atomic E-state index is 12.9. The van der Waals surface area contributed by atoms with Gasteiger partial charge in [0.15, 0.2) is 6.61 Å². The second-order valence-corrected chi connectivity index (χ2v) is 6.83. The van der Waals surface area contributed by atoms with Gasteiger partial charge in [0, 0.05) is 19.7 Å². The minimum absolute atomic E-state index is 0.0462. The monoisotopic (exact) mass is 403 g/mol. The number of nitrogens with zero attached hydrogens (tertiary/aromatic N) is 2. The van der Waals surface area contributed by atoms with Crippen LogP contribution in [0.25, 0.3) is 6.08 Å². The lowest BCUT2D eigenvalue weighted by atomic mass is 10.1. The third kappa shape index (κ3) is 5.28. The van der Waals surface area contributed by atoms with E-state index in [1.165, 1.54) is 37.4 Å². The quantitative estimate of drug-likeness (QED) is 0.424. The number of halogens is 1. The van der Waals surface area contributed by atoms with Crippen LogP contribution in [0.5, 0.6) is 0 Å². The third-order valence-electron chi connectivity index (χ3n) is 4.04. The van der Waals surface area contributed by atoms with Crippen molar-refractivity contribution in [2.75, 3.05) is 12.3 Å². The van der Waals surface area contributed by atoms with Gasteiger partial charge in [-0.15, -0.1) is 0 Å². The summed E-state index contributed by atoms with van der Waals surface area (Å²) in [6.07, 6.45) is 2.46. The summed E-state index contributed by atoms with van der Waals surface area (Å²) in [6.45, 7) is 3.21. The van der Waals surface area contributed by atoms with Gasteiger partial charge < -0.3 is 10.5 Å². The molecule has 8 nitrogen and oxygen atoms in total. The molecule has 154 valence electrons. The zero-order valence-electron chi connectivity index (χ0n) is 16.3. The normalized spacial score (nSPS) is 11.2. The lowest BCUT2D eigenvalue weighted by molar-refractivity contribution is -0.136. The summed E-state index contributed by atoms with van der Waals surface area (Å²) in [5.41, 5.74) is 4.58. The number of esters is 1. The molecule has 2 rings (SSSR count). The number of nitrogens with two attached hydrogens (primary N) is 1. The summed E-state index contributed by atoms with van der Waals surface area (Å²) in [5.74, 6) is -2.26. The predicted molar refractivity (Wildman–Crippen MR) is 106 cm³/mol. The van der Waals surface area contributed by atoms with Gasteiger partial charge >= 0.3 is 11.7 Å². The summed E-state index contributed by atoms with van der Waals surface area (Å²) >= 11 is 0.